The molecule has 0 aliphatic rings. The molecule has 0 bridgehead atoms. The van der Waals surface area contributed by atoms with Crippen molar-refractivity contribution in [1.82, 2.24) is 0 Å². The van der Waals surface area contributed by atoms with E-state index in [1.807, 2.05) is 27.4 Å². The van der Waals surface area contributed by atoms with E-state index in [1.54, 1.807) is 13.8 Å². The number of hydrogen-bond donors (Lipinski definition) is 1. The van der Waals surface area contributed by atoms with Crippen molar-refractivity contribution in [3.63, 3.8) is 0 Å². The Bertz CT molecular complexity index is 1420. The van der Waals surface area contributed by atoms with Crippen molar-refractivity contribution in [2.45, 2.75) is 38.9 Å². The summed E-state index contributed by atoms with van der Waals surface area (Å²) in [5.74, 6) is 0. The quantitative estimate of drug-likeness (QED) is 0.217. The van der Waals surface area contributed by atoms with Crippen LogP contribution in [0.3, 0.4) is 0 Å². The van der Waals surface area contributed by atoms with E-state index in [1.165, 1.54) is 33.0 Å². The van der Waals surface area contributed by atoms with Crippen molar-refractivity contribution in [2.75, 3.05) is 0 Å². The maximum Gasteiger partial charge on any atom is 0.332 e. The van der Waals surface area contributed by atoms with Gasteiger partial charge in [-0.3, -0.25) is 0 Å². The number of fused-ring (bicyclic) bond motifs is 2. The van der Waals surface area contributed by atoms with Crippen LogP contribution in [0.1, 0.15) is 27.7 Å². The molecule has 0 amide bonds. The number of hydrogen-bond acceptors (Lipinski definition) is 2. The van der Waals surface area contributed by atoms with Crippen LogP contribution in [0, 0.1) is 0 Å². The Kier molecular flexibility index (Phi) is 6.00. The van der Waals surface area contributed by atoms with Crippen molar-refractivity contribution in [2.24, 2.45) is 0 Å². The molecule has 5 aromatic rings. The number of rotatable bonds is 6. The predicted molar refractivity (Wildman–Crippen MR) is 149 cm³/mol. The van der Waals surface area contributed by atoms with Crippen LogP contribution < -0.4 is 5.46 Å². The van der Waals surface area contributed by atoms with Crippen LogP contribution >= 0.6 is 0 Å². The minimum atomic E-state index is -0.991. The molecule has 2 nitrogen and oxygen atoms in total. The standard InChI is InChI=1S/C32H30BO2/c1-31(2,34)32(3,4)35-33-30-27-16-10-8-14-25(27)29(26-15-9-11-17-28(26)30)24-20-18-23(19-21-24)22-12-6-5-7-13-22/h5-21,34H,1-4H3. The van der Waals surface area contributed by atoms with Gasteiger partial charge in [0.15, 0.2) is 0 Å². The molecule has 5 aromatic carbocycles. The minimum Gasteiger partial charge on any atom is -0.427 e. The molecule has 5 rings (SSSR count). The molecule has 173 valence electrons. The second kappa shape index (κ2) is 9.00. The van der Waals surface area contributed by atoms with Crippen molar-refractivity contribution < 1.29 is 9.76 Å². The fourth-order valence-corrected chi connectivity index (χ4v) is 4.41. The molecule has 1 radical (unpaired) electrons. The Labute approximate surface area is 208 Å². The molecule has 0 heterocycles. The number of aliphatic hydroxyl groups is 1. The molecule has 0 aliphatic heterocycles. The lowest BCUT2D eigenvalue weighted by molar-refractivity contribution is -0.0892. The zero-order chi connectivity index (χ0) is 24.6. The fourth-order valence-electron chi connectivity index (χ4n) is 4.41. The molecule has 0 aromatic heterocycles. The molecule has 0 spiro atoms. The second-order valence-electron chi connectivity index (χ2n) is 10.1. The lowest BCUT2D eigenvalue weighted by atomic mass is 9.75. The summed E-state index contributed by atoms with van der Waals surface area (Å²) < 4.78 is 6.23. The van der Waals surface area contributed by atoms with Crippen molar-refractivity contribution in [1.29, 1.82) is 0 Å². The Morgan fingerprint density at radius 1 is 0.543 bits per heavy atom. The first-order valence-corrected chi connectivity index (χ1v) is 12.1. The summed E-state index contributed by atoms with van der Waals surface area (Å²) >= 11 is 0. The summed E-state index contributed by atoms with van der Waals surface area (Å²) in [6.45, 7) is 7.38. The van der Waals surface area contributed by atoms with Crippen molar-refractivity contribution in [3.8, 4) is 22.3 Å². The third kappa shape index (κ3) is 4.38. The van der Waals surface area contributed by atoms with Crippen molar-refractivity contribution in [3.05, 3.63) is 103 Å². The lowest BCUT2D eigenvalue weighted by Gasteiger charge is -2.37. The van der Waals surface area contributed by atoms with E-state index in [-0.39, 0.29) is 0 Å². The van der Waals surface area contributed by atoms with Gasteiger partial charge >= 0.3 is 7.48 Å². The Balaban J connectivity index is 1.67. The Morgan fingerprint density at radius 2 is 0.971 bits per heavy atom. The second-order valence-corrected chi connectivity index (χ2v) is 10.1. The topological polar surface area (TPSA) is 29.5 Å². The molecule has 0 atom stereocenters. The van der Waals surface area contributed by atoms with E-state index in [9.17, 15) is 5.11 Å². The fraction of sp³-hybridized carbons (Fsp3) is 0.188. The first kappa shape index (κ1) is 23.4. The lowest BCUT2D eigenvalue weighted by Crippen LogP contribution is -2.49. The SMILES string of the molecule is CC(C)(O)C(C)(C)O[B]c1c2ccccc2c(-c2ccc(-c3ccccc3)cc2)c2ccccc12. The summed E-state index contributed by atoms with van der Waals surface area (Å²) in [5.41, 5.74) is 4.10. The summed E-state index contributed by atoms with van der Waals surface area (Å²) in [4.78, 5) is 0. The van der Waals surface area contributed by atoms with Gasteiger partial charge in [0, 0.05) is 0 Å². The van der Waals surface area contributed by atoms with Gasteiger partial charge in [0.1, 0.15) is 0 Å². The molecular formula is C32H30BO2. The molecule has 0 unspecified atom stereocenters. The minimum absolute atomic E-state index is 0.749. The maximum absolute atomic E-state index is 10.6. The maximum atomic E-state index is 10.6. The predicted octanol–water partition coefficient (Wildman–Crippen LogP) is 7.14. The van der Waals surface area contributed by atoms with Crippen LogP contribution in [0.4, 0.5) is 0 Å². The third-order valence-corrected chi connectivity index (χ3v) is 7.20. The van der Waals surface area contributed by atoms with Crippen LogP contribution in [0.15, 0.2) is 103 Å². The van der Waals surface area contributed by atoms with Gasteiger partial charge in [0.2, 0.25) is 0 Å². The molecule has 3 heteroatoms. The van der Waals surface area contributed by atoms with Gasteiger partial charge in [-0.05, 0) is 77.0 Å². The average molecular weight is 457 g/mol. The molecule has 0 saturated carbocycles. The molecule has 0 aliphatic carbocycles. The van der Waals surface area contributed by atoms with Gasteiger partial charge in [0.25, 0.3) is 0 Å². The van der Waals surface area contributed by atoms with Crippen LogP contribution in [0.25, 0.3) is 43.8 Å². The smallest absolute Gasteiger partial charge is 0.332 e. The van der Waals surface area contributed by atoms with E-state index >= 15 is 0 Å². The van der Waals surface area contributed by atoms with Gasteiger partial charge in [-0.15, -0.1) is 0 Å². The Hall–Kier alpha value is -3.40. The monoisotopic (exact) mass is 457 g/mol. The van der Waals surface area contributed by atoms with Crippen LogP contribution in [-0.4, -0.2) is 23.8 Å². The van der Waals surface area contributed by atoms with E-state index in [2.05, 4.69) is 97.1 Å². The average Bonchev–Trinajstić information content (AvgIpc) is 2.86. The highest BCUT2D eigenvalue weighted by Crippen LogP contribution is 2.36. The molecule has 0 fully saturated rings. The summed E-state index contributed by atoms with van der Waals surface area (Å²) in [6.07, 6.45) is 0. The summed E-state index contributed by atoms with van der Waals surface area (Å²) in [6, 6.07) is 36.3. The van der Waals surface area contributed by atoms with Crippen molar-refractivity contribution >= 4 is 34.5 Å². The highest BCUT2D eigenvalue weighted by Gasteiger charge is 2.36. The molecule has 0 saturated heterocycles. The van der Waals surface area contributed by atoms with Gasteiger partial charge < -0.3 is 9.76 Å². The van der Waals surface area contributed by atoms with Gasteiger partial charge in [0.05, 0.1) is 11.2 Å². The highest BCUT2D eigenvalue weighted by molar-refractivity contribution is 6.57. The zero-order valence-corrected chi connectivity index (χ0v) is 20.7. The van der Waals surface area contributed by atoms with Gasteiger partial charge in [-0.2, -0.15) is 0 Å². The molecular weight excluding hydrogens is 427 g/mol. The van der Waals surface area contributed by atoms with E-state index in [0.717, 1.165) is 16.2 Å². The van der Waals surface area contributed by atoms with Gasteiger partial charge in [-0.1, -0.05) is 103 Å². The summed E-state index contributed by atoms with van der Waals surface area (Å²) in [5, 5.41) is 15.2. The van der Waals surface area contributed by atoms with Gasteiger partial charge in [-0.25, -0.2) is 0 Å². The number of benzene rings is 5. The molecule has 1 N–H and O–H groups in total. The van der Waals surface area contributed by atoms with E-state index in [4.69, 9.17) is 4.65 Å². The molecule has 35 heavy (non-hydrogen) atoms. The Morgan fingerprint density at radius 3 is 1.49 bits per heavy atom. The third-order valence-electron chi connectivity index (χ3n) is 7.20. The highest BCUT2D eigenvalue weighted by atomic mass is 16.5. The largest absolute Gasteiger partial charge is 0.427 e. The van der Waals surface area contributed by atoms with E-state index < -0.39 is 11.2 Å². The first-order chi connectivity index (χ1) is 16.8. The van der Waals surface area contributed by atoms with Crippen LogP contribution in [0.2, 0.25) is 0 Å². The van der Waals surface area contributed by atoms with Crippen LogP contribution in [-0.2, 0) is 4.65 Å². The first-order valence-electron chi connectivity index (χ1n) is 12.1. The normalized spacial score (nSPS) is 12.3. The summed E-state index contributed by atoms with van der Waals surface area (Å²) in [7, 11) is 1.82. The zero-order valence-electron chi connectivity index (χ0n) is 20.7. The van der Waals surface area contributed by atoms with Crippen LogP contribution in [0.5, 0.6) is 0 Å². The van der Waals surface area contributed by atoms with E-state index in [0.29, 0.717) is 0 Å².